The smallest absolute Gasteiger partial charge is 0.213 e. The standard InChI is InChI=1S/C8H19NO3S2/c1-8(2)14(11,12)9-4-7-13-6-3-5-10/h8-10H,3-7H2,1-2H3. The number of sulfonamides is 1. The van der Waals surface area contributed by atoms with Gasteiger partial charge in [0, 0.05) is 18.9 Å². The summed E-state index contributed by atoms with van der Waals surface area (Å²) in [6.07, 6.45) is 0.765. The summed E-state index contributed by atoms with van der Waals surface area (Å²) >= 11 is 1.64. The van der Waals surface area contributed by atoms with E-state index in [-0.39, 0.29) is 11.9 Å². The quantitative estimate of drug-likeness (QED) is 0.605. The molecule has 0 fully saturated rings. The number of hydrogen-bond donors (Lipinski definition) is 2. The first kappa shape index (κ1) is 14.2. The summed E-state index contributed by atoms with van der Waals surface area (Å²) in [7, 11) is -3.10. The molecule has 0 radical (unpaired) electrons. The third-order valence-corrected chi connectivity index (χ3v) is 4.53. The molecule has 0 saturated carbocycles. The van der Waals surface area contributed by atoms with E-state index in [9.17, 15) is 8.42 Å². The van der Waals surface area contributed by atoms with E-state index in [0.29, 0.717) is 6.54 Å². The molecular formula is C8H19NO3S2. The Bertz CT molecular complexity index is 227. The third kappa shape index (κ3) is 6.64. The third-order valence-electron chi connectivity index (χ3n) is 1.62. The van der Waals surface area contributed by atoms with E-state index in [1.807, 2.05) is 0 Å². The largest absolute Gasteiger partial charge is 0.396 e. The van der Waals surface area contributed by atoms with Gasteiger partial charge in [-0.2, -0.15) is 11.8 Å². The molecular weight excluding hydrogens is 222 g/mol. The zero-order chi connectivity index (χ0) is 11.0. The van der Waals surface area contributed by atoms with Crippen LogP contribution >= 0.6 is 11.8 Å². The molecule has 0 aliphatic rings. The van der Waals surface area contributed by atoms with Gasteiger partial charge in [-0.15, -0.1) is 0 Å². The van der Waals surface area contributed by atoms with E-state index >= 15 is 0 Å². The summed E-state index contributed by atoms with van der Waals surface area (Å²) in [5.74, 6) is 1.63. The number of aliphatic hydroxyl groups is 1. The van der Waals surface area contributed by atoms with Crippen LogP contribution in [0.3, 0.4) is 0 Å². The lowest BCUT2D eigenvalue weighted by atomic mass is 10.5. The van der Waals surface area contributed by atoms with E-state index in [1.165, 1.54) is 0 Å². The fraction of sp³-hybridized carbons (Fsp3) is 1.00. The van der Waals surface area contributed by atoms with Gasteiger partial charge >= 0.3 is 0 Å². The van der Waals surface area contributed by atoms with Crippen molar-refractivity contribution >= 4 is 21.8 Å². The van der Waals surface area contributed by atoms with E-state index in [2.05, 4.69) is 4.72 Å². The molecule has 0 atom stereocenters. The maximum absolute atomic E-state index is 11.3. The second kappa shape index (κ2) is 7.50. The summed E-state index contributed by atoms with van der Waals surface area (Å²) in [5, 5.41) is 8.13. The van der Waals surface area contributed by atoms with Crippen LogP contribution in [-0.4, -0.2) is 43.4 Å². The maximum Gasteiger partial charge on any atom is 0.213 e. The van der Waals surface area contributed by atoms with Crippen molar-refractivity contribution in [2.75, 3.05) is 24.7 Å². The predicted octanol–water partition coefficient (Wildman–Crippen LogP) is 0.430. The second-order valence-corrected chi connectivity index (χ2v) is 6.72. The minimum atomic E-state index is -3.10. The molecule has 6 heteroatoms. The topological polar surface area (TPSA) is 66.4 Å². The molecule has 0 aliphatic carbocycles. The molecule has 0 rings (SSSR count). The average Bonchev–Trinajstić information content (AvgIpc) is 2.10. The number of aliphatic hydroxyl groups excluding tert-OH is 1. The van der Waals surface area contributed by atoms with Crippen LogP contribution in [0.1, 0.15) is 20.3 Å². The maximum atomic E-state index is 11.3. The minimum absolute atomic E-state index is 0.199. The Morgan fingerprint density at radius 3 is 2.50 bits per heavy atom. The van der Waals surface area contributed by atoms with Crippen molar-refractivity contribution in [3.63, 3.8) is 0 Å². The van der Waals surface area contributed by atoms with Gasteiger partial charge in [-0.25, -0.2) is 13.1 Å². The van der Waals surface area contributed by atoms with Crippen LogP contribution in [0.5, 0.6) is 0 Å². The second-order valence-electron chi connectivity index (χ2n) is 3.18. The van der Waals surface area contributed by atoms with Crippen LogP contribution in [0.15, 0.2) is 0 Å². The van der Waals surface area contributed by atoms with Gasteiger partial charge in [0.25, 0.3) is 0 Å². The molecule has 4 nitrogen and oxygen atoms in total. The Hall–Kier alpha value is 0.220. The van der Waals surface area contributed by atoms with Gasteiger partial charge in [-0.3, -0.25) is 0 Å². The van der Waals surface area contributed by atoms with Crippen molar-refractivity contribution in [2.24, 2.45) is 0 Å². The molecule has 0 bridgehead atoms. The predicted molar refractivity (Wildman–Crippen MR) is 61.1 cm³/mol. The van der Waals surface area contributed by atoms with Gasteiger partial charge in [-0.05, 0) is 26.0 Å². The number of thioether (sulfide) groups is 1. The van der Waals surface area contributed by atoms with Crippen LogP contribution in [0, 0.1) is 0 Å². The average molecular weight is 241 g/mol. The van der Waals surface area contributed by atoms with Crippen molar-refractivity contribution in [1.29, 1.82) is 0 Å². The van der Waals surface area contributed by atoms with Crippen LogP contribution in [0.2, 0.25) is 0 Å². The zero-order valence-electron chi connectivity index (χ0n) is 8.69. The van der Waals surface area contributed by atoms with Gasteiger partial charge in [0.2, 0.25) is 10.0 Å². The Labute approximate surface area is 90.5 Å². The minimum Gasteiger partial charge on any atom is -0.396 e. The molecule has 2 N–H and O–H groups in total. The lowest BCUT2D eigenvalue weighted by Gasteiger charge is -2.08. The monoisotopic (exact) mass is 241 g/mol. The molecule has 0 amide bonds. The number of nitrogens with one attached hydrogen (secondary N) is 1. The van der Waals surface area contributed by atoms with E-state index in [4.69, 9.17) is 5.11 Å². The van der Waals surface area contributed by atoms with Crippen molar-refractivity contribution in [3.8, 4) is 0 Å². The van der Waals surface area contributed by atoms with Crippen molar-refractivity contribution < 1.29 is 13.5 Å². The van der Waals surface area contributed by atoms with E-state index < -0.39 is 10.0 Å². The molecule has 0 spiro atoms. The molecule has 0 aliphatic heterocycles. The van der Waals surface area contributed by atoms with E-state index in [1.54, 1.807) is 25.6 Å². The fourth-order valence-electron chi connectivity index (χ4n) is 0.691. The van der Waals surface area contributed by atoms with Crippen LogP contribution in [0.4, 0.5) is 0 Å². The van der Waals surface area contributed by atoms with E-state index in [0.717, 1.165) is 17.9 Å². The van der Waals surface area contributed by atoms with Crippen LogP contribution in [0.25, 0.3) is 0 Å². The Balaban J connectivity index is 3.46. The number of rotatable bonds is 8. The lowest BCUT2D eigenvalue weighted by Crippen LogP contribution is -2.32. The zero-order valence-corrected chi connectivity index (χ0v) is 10.3. The normalized spacial score (nSPS) is 12.3. The summed E-state index contributed by atoms with van der Waals surface area (Å²) in [4.78, 5) is 0. The van der Waals surface area contributed by atoms with Gasteiger partial charge in [0.05, 0.1) is 5.25 Å². The summed E-state index contributed by atoms with van der Waals surface area (Å²) in [6, 6.07) is 0. The highest BCUT2D eigenvalue weighted by Gasteiger charge is 2.13. The molecule has 0 aromatic rings. The highest BCUT2D eigenvalue weighted by Crippen LogP contribution is 2.01. The van der Waals surface area contributed by atoms with Crippen molar-refractivity contribution in [3.05, 3.63) is 0 Å². The van der Waals surface area contributed by atoms with Gasteiger partial charge < -0.3 is 5.11 Å². The lowest BCUT2D eigenvalue weighted by molar-refractivity contribution is 0.296. The Kier molecular flexibility index (Phi) is 7.62. The molecule has 14 heavy (non-hydrogen) atoms. The molecule has 0 unspecified atom stereocenters. The summed E-state index contributed by atoms with van der Waals surface area (Å²) in [6.45, 7) is 3.98. The first-order chi connectivity index (χ1) is 6.50. The van der Waals surface area contributed by atoms with Crippen LogP contribution in [-0.2, 0) is 10.0 Å². The first-order valence-corrected chi connectivity index (χ1v) is 7.38. The summed E-state index contributed by atoms with van der Waals surface area (Å²) in [5.41, 5.74) is 0. The molecule has 0 saturated heterocycles. The highest BCUT2D eigenvalue weighted by atomic mass is 32.2. The number of hydrogen-bond acceptors (Lipinski definition) is 4. The first-order valence-electron chi connectivity index (χ1n) is 4.67. The van der Waals surface area contributed by atoms with Crippen molar-refractivity contribution in [2.45, 2.75) is 25.5 Å². The van der Waals surface area contributed by atoms with Gasteiger partial charge in [0.1, 0.15) is 0 Å². The molecule has 0 heterocycles. The Morgan fingerprint density at radius 2 is 2.00 bits per heavy atom. The fourth-order valence-corrected chi connectivity index (χ4v) is 2.32. The summed E-state index contributed by atoms with van der Waals surface area (Å²) < 4.78 is 25.0. The SMILES string of the molecule is CC(C)S(=O)(=O)NCCSCCCO. The molecule has 0 aromatic heterocycles. The van der Waals surface area contributed by atoms with Crippen LogP contribution < -0.4 is 4.72 Å². The van der Waals surface area contributed by atoms with Gasteiger partial charge in [-0.1, -0.05) is 0 Å². The molecule has 86 valence electrons. The van der Waals surface area contributed by atoms with Gasteiger partial charge in [0.15, 0.2) is 0 Å². The highest BCUT2D eigenvalue weighted by molar-refractivity contribution is 7.99. The Morgan fingerprint density at radius 1 is 1.36 bits per heavy atom. The molecule has 0 aromatic carbocycles. The van der Waals surface area contributed by atoms with Crippen molar-refractivity contribution in [1.82, 2.24) is 4.72 Å².